The van der Waals surface area contributed by atoms with E-state index in [0.29, 0.717) is 17.9 Å². The van der Waals surface area contributed by atoms with Gasteiger partial charge in [0.25, 0.3) is 0 Å². The molecular weight excluding hydrogens is 267 g/mol. The smallest absolute Gasteiger partial charge is 0.124 e. The zero-order valence-electron chi connectivity index (χ0n) is 11.9. The normalized spacial score (nSPS) is 10.1. The van der Waals surface area contributed by atoms with Crippen molar-refractivity contribution >= 4 is 0 Å². The standard InChI is InChI=1S/C17H17FN2O/c1-2-20-11-15-9-16(18)7-8-17(15)21-12-14-6-4-3-5-13(14)10-19/h3-9,20H,2,11-12H2,1H3. The van der Waals surface area contributed by atoms with Crippen LogP contribution in [0.2, 0.25) is 0 Å². The lowest BCUT2D eigenvalue weighted by Crippen LogP contribution is -2.13. The first-order valence-electron chi connectivity index (χ1n) is 6.84. The van der Waals surface area contributed by atoms with E-state index >= 15 is 0 Å². The molecule has 0 fully saturated rings. The summed E-state index contributed by atoms with van der Waals surface area (Å²) in [7, 11) is 0. The molecule has 0 saturated heterocycles. The fraction of sp³-hybridized carbons (Fsp3) is 0.235. The van der Waals surface area contributed by atoms with Crippen molar-refractivity contribution in [1.82, 2.24) is 5.32 Å². The SMILES string of the molecule is CCNCc1cc(F)ccc1OCc1ccccc1C#N. The summed E-state index contributed by atoms with van der Waals surface area (Å²) in [5.41, 5.74) is 2.18. The lowest BCUT2D eigenvalue weighted by atomic mass is 10.1. The Morgan fingerprint density at radius 1 is 1.19 bits per heavy atom. The summed E-state index contributed by atoms with van der Waals surface area (Å²) >= 11 is 0. The number of rotatable bonds is 6. The summed E-state index contributed by atoms with van der Waals surface area (Å²) in [5.74, 6) is 0.345. The molecular formula is C17H17FN2O. The van der Waals surface area contributed by atoms with Crippen LogP contribution in [0.4, 0.5) is 4.39 Å². The van der Waals surface area contributed by atoms with Crippen molar-refractivity contribution in [2.75, 3.05) is 6.54 Å². The number of nitrogens with one attached hydrogen (secondary N) is 1. The van der Waals surface area contributed by atoms with Crippen molar-refractivity contribution in [3.05, 3.63) is 65.0 Å². The molecule has 2 aromatic carbocycles. The van der Waals surface area contributed by atoms with E-state index in [-0.39, 0.29) is 12.4 Å². The maximum atomic E-state index is 13.3. The first-order valence-corrected chi connectivity index (χ1v) is 6.84. The molecule has 0 atom stereocenters. The maximum absolute atomic E-state index is 13.3. The Labute approximate surface area is 124 Å². The van der Waals surface area contributed by atoms with Gasteiger partial charge in [-0.15, -0.1) is 0 Å². The highest BCUT2D eigenvalue weighted by atomic mass is 19.1. The highest BCUT2D eigenvalue weighted by molar-refractivity contribution is 5.38. The molecule has 21 heavy (non-hydrogen) atoms. The summed E-state index contributed by atoms with van der Waals surface area (Å²) in [5, 5.41) is 12.2. The molecule has 0 unspecified atom stereocenters. The Morgan fingerprint density at radius 3 is 2.76 bits per heavy atom. The number of nitriles is 1. The van der Waals surface area contributed by atoms with Crippen LogP contribution in [0.5, 0.6) is 5.75 Å². The van der Waals surface area contributed by atoms with Gasteiger partial charge in [-0.05, 0) is 30.8 Å². The first-order chi connectivity index (χ1) is 10.2. The Morgan fingerprint density at radius 2 is 2.00 bits per heavy atom. The van der Waals surface area contributed by atoms with Gasteiger partial charge in [0.1, 0.15) is 18.2 Å². The number of hydrogen-bond donors (Lipinski definition) is 1. The van der Waals surface area contributed by atoms with Crippen molar-refractivity contribution in [3.63, 3.8) is 0 Å². The third-order valence-corrected chi connectivity index (χ3v) is 3.11. The lowest BCUT2D eigenvalue weighted by molar-refractivity contribution is 0.301. The van der Waals surface area contributed by atoms with Crippen molar-refractivity contribution in [2.45, 2.75) is 20.1 Å². The second-order valence-corrected chi connectivity index (χ2v) is 4.59. The van der Waals surface area contributed by atoms with Crippen LogP contribution in [0.1, 0.15) is 23.6 Å². The largest absolute Gasteiger partial charge is 0.489 e. The summed E-state index contributed by atoms with van der Waals surface area (Å²) in [6.07, 6.45) is 0. The highest BCUT2D eigenvalue weighted by Gasteiger charge is 2.07. The molecule has 4 heteroatoms. The second kappa shape index (κ2) is 7.41. The van der Waals surface area contributed by atoms with Crippen LogP contribution in [-0.4, -0.2) is 6.54 Å². The summed E-state index contributed by atoms with van der Waals surface area (Å²) in [6.45, 7) is 3.62. The number of hydrogen-bond acceptors (Lipinski definition) is 3. The van der Waals surface area contributed by atoms with Gasteiger partial charge < -0.3 is 10.1 Å². The molecule has 3 nitrogen and oxygen atoms in total. The molecule has 0 bridgehead atoms. The zero-order valence-corrected chi connectivity index (χ0v) is 11.9. The van der Waals surface area contributed by atoms with Crippen LogP contribution < -0.4 is 10.1 Å². The van der Waals surface area contributed by atoms with E-state index < -0.39 is 0 Å². The quantitative estimate of drug-likeness (QED) is 0.884. The Bertz CT molecular complexity index is 649. The Hall–Kier alpha value is -2.38. The summed E-state index contributed by atoms with van der Waals surface area (Å²) in [4.78, 5) is 0. The van der Waals surface area contributed by atoms with E-state index in [1.165, 1.54) is 12.1 Å². The number of halogens is 1. The third kappa shape index (κ3) is 4.04. The van der Waals surface area contributed by atoms with Gasteiger partial charge in [-0.3, -0.25) is 0 Å². The van der Waals surface area contributed by atoms with Crippen LogP contribution >= 0.6 is 0 Å². The second-order valence-electron chi connectivity index (χ2n) is 4.59. The van der Waals surface area contributed by atoms with E-state index in [2.05, 4.69) is 11.4 Å². The van der Waals surface area contributed by atoms with Gasteiger partial charge in [0.2, 0.25) is 0 Å². The molecule has 0 amide bonds. The van der Waals surface area contributed by atoms with Gasteiger partial charge in [-0.1, -0.05) is 25.1 Å². The third-order valence-electron chi connectivity index (χ3n) is 3.11. The van der Waals surface area contributed by atoms with Crippen molar-refractivity contribution in [1.29, 1.82) is 5.26 Å². The molecule has 0 aromatic heterocycles. The van der Waals surface area contributed by atoms with Crippen LogP contribution in [0.25, 0.3) is 0 Å². The van der Waals surface area contributed by atoms with Crippen molar-refractivity contribution in [3.8, 4) is 11.8 Å². The van der Waals surface area contributed by atoms with Gasteiger partial charge >= 0.3 is 0 Å². The molecule has 0 spiro atoms. The fourth-order valence-electron chi connectivity index (χ4n) is 2.00. The predicted octanol–water partition coefficient (Wildman–Crippen LogP) is 3.39. The van der Waals surface area contributed by atoms with Gasteiger partial charge in [0.15, 0.2) is 0 Å². The molecule has 108 valence electrons. The predicted molar refractivity (Wildman–Crippen MR) is 79.3 cm³/mol. The topological polar surface area (TPSA) is 45.0 Å². The fourth-order valence-corrected chi connectivity index (χ4v) is 2.00. The van der Waals surface area contributed by atoms with E-state index in [4.69, 9.17) is 10.00 Å². The minimum Gasteiger partial charge on any atom is -0.489 e. The number of ether oxygens (including phenoxy) is 1. The molecule has 0 aliphatic rings. The number of nitrogens with zero attached hydrogens (tertiary/aromatic N) is 1. The van der Waals surface area contributed by atoms with Crippen LogP contribution in [0.3, 0.4) is 0 Å². The van der Waals surface area contributed by atoms with E-state index in [0.717, 1.165) is 17.7 Å². The average molecular weight is 284 g/mol. The molecule has 2 aromatic rings. The maximum Gasteiger partial charge on any atom is 0.124 e. The molecule has 2 rings (SSSR count). The summed E-state index contributed by atoms with van der Waals surface area (Å²) in [6, 6.07) is 13.9. The highest BCUT2D eigenvalue weighted by Crippen LogP contribution is 2.21. The molecule has 0 radical (unpaired) electrons. The first kappa shape index (κ1) is 15.0. The van der Waals surface area contributed by atoms with Gasteiger partial charge in [0, 0.05) is 17.7 Å². The van der Waals surface area contributed by atoms with Crippen LogP contribution in [0, 0.1) is 17.1 Å². The van der Waals surface area contributed by atoms with Gasteiger partial charge in [-0.2, -0.15) is 5.26 Å². The average Bonchev–Trinajstić information content (AvgIpc) is 2.52. The molecule has 0 aliphatic heterocycles. The van der Waals surface area contributed by atoms with Crippen LogP contribution in [-0.2, 0) is 13.2 Å². The molecule has 1 N–H and O–H groups in total. The minimum atomic E-state index is -0.285. The van der Waals surface area contributed by atoms with Crippen molar-refractivity contribution < 1.29 is 9.13 Å². The Balaban J connectivity index is 2.14. The summed E-state index contributed by atoms with van der Waals surface area (Å²) < 4.78 is 19.1. The number of benzene rings is 2. The van der Waals surface area contributed by atoms with E-state index in [1.807, 2.05) is 25.1 Å². The van der Waals surface area contributed by atoms with E-state index in [9.17, 15) is 4.39 Å². The van der Waals surface area contributed by atoms with Gasteiger partial charge in [0.05, 0.1) is 11.6 Å². The van der Waals surface area contributed by atoms with E-state index in [1.54, 1.807) is 12.1 Å². The minimum absolute atomic E-state index is 0.285. The molecule has 0 aliphatic carbocycles. The molecule has 0 heterocycles. The van der Waals surface area contributed by atoms with Crippen molar-refractivity contribution in [2.24, 2.45) is 0 Å². The monoisotopic (exact) mass is 284 g/mol. The van der Waals surface area contributed by atoms with Gasteiger partial charge in [-0.25, -0.2) is 4.39 Å². The zero-order chi connectivity index (χ0) is 15.1. The lowest BCUT2D eigenvalue weighted by Gasteiger charge is -2.12. The Kier molecular flexibility index (Phi) is 5.30. The van der Waals surface area contributed by atoms with Crippen LogP contribution in [0.15, 0.2) is 42.5 Å². The molecule has 0 saturated carbocycles.